The fourth-order valence-corrected chi connectivity index (χ4v) is 3.41. The number of H-pyrrole nitrogens is 1. The molecule has 2 N–H and O–H groups in total. The summed E-state index contributed by atoms with van der Waals surface area (Å²) in [6.45, 7) is 8.17. The number of aromatic amines is 1. The zero-order valence-corrected chi connectivity index (χ0v) is 16.2. The van der Waals surface area contributed by atoms with Crippen molar-refractivity contribution in [3.63, 3.8) is 0 Å². The molecule has 0 spiro atoms. The van der Waals surface area contributed by atoms with Crippen molar-refractivity contribution in [1.29, 1.82) is 0 Å². The number of amides is 2. The third kappa shape index (κ3) is 4.50. The predicted octanol–water partition coefficient (Wildman–Crippen LogP) is 1.93. The number of carbonyl (C=O) groups excluding carboxylic acids is 2. The van der Waals surface area contributed by atoms with Crippen molar-refractivity contribution in [2.45, 2.75) is 52.6 Å². The molecule has 0 aliphatic carbocycles. The lowest BCUT2D eigenvalue weighted by Gasteiger charge is -2.22. The summed E-state index contributed by atoms with van der Waals surface area (Å²) in [6, 6.07) is 1.41. The molecule has 0 aromatic carbocycles. The van der Waals surface area contributed by atoms with Gasteiger partial charge in [0.2, 0.25) is 5.91 Å². The van der Waals surface area contributed by atoms with Gasteiger partial charge < -0.3 is 10.2 Å². The van der Waals surface area contributed by atoms with Crippen molar-refractivity contribution in [2.75, 3.05) is 6.54 Å². The van der Waals surface area contributed by atoms with Crippen molar-refractivity contribution >= 4 is 11.8 Å². The molecule has 0 bridgehead atoms. The Bertz CT molecular complexity index is 831. The molecule has 2 atom stereocenters. The molecule has 1 aliphatic heterocycles. The number of aryl methyl sites for hydroxylation is 2. The summed E-state index contributed by atoms with van der Waals surface area (Å²) >= 11 is 0. The van der Waals surface area contributed by atoms with E-state index in [1.807, 2.05) is 33.8 Å². The molecule has 8 heteroatoms. The average Bonchev–Trinajstić information content (AvgIpc) is 3.19. The molecule has 3 rings (SSSR count). The topological polar surface area (TPSA) is 104 Å². The van der Waals surface area contributed by atoms with Gasteiger partial charge in [0.25, 0.3) is 5.91 Å². The maximum absolute atomic E-state index is 13.1. The predicted molar refractivity (Wildman–Crippen MR) is 99.9 cm³/mol. The Labute approximate surface area is 158 Å². The fraction of sp³-hybridized carbons (Fsp3) is 0.526. The second-order valence-corrected chi connectivity index (χ2v) is 7.60. The quantitative estimate of drug-likeness (QED) is 0.837. The van der Waals surface area contributed by atoms with Crippen molar-refractivity contribution in [3.05, 3.63) is 41.2 Å². The molecular formula is C19H26N6O2. The maximum Gasteiger partial charge on any atom is 0.256 e. The van der Waals surface area contributed by atoms with E-state index in [0.29, 0.717) is 36.6 Å². The van der Waals surface area contributed by atoms with Crippen LogP contribution < -0.4 is 5.32 Å². The number of nitrogens with zero attached hydrogens (tertiary/aromatic N) is 4. The molecule has 144 valence electrons. The van der Waals surface area contributed by atoms with Crippen molar-refractivity contribution in [3.8, 4) is 0 Å². The highest BCUT2D eigenvalue weighted by molar-refractivity contribution is 5.94. The number of hydrogen-bond acceptors (Lipinski definition) is 5. The number of rotatable bonds is 5. The van der Waals surface area contributed by atoms with E-state index < -0.39 is 0 Å². The molecule has 0 radical (unpaired) electrons. The van der Waals surface area contributed by atoms with Crippen molar-refractivity contribution in [2.24, 2.45) is 5.92 Å². The summed E-state index contributed by atoms with van der Waals surface area (Å²) in [5.41, 5.74) is 1.45. The minimum Gasteiger partial charge on any atom is -0.351 e. The van der Waals surface area contributed by atoms with Crippen molar-refractivity contribution < 1.29 is 9.59 Å². The van der Waals surface area contributed by atoms with Crippen molar-refractivity contribution in [1.82, 2.24) is 30.4 Å². The van der Waals surface area contributed by atoms with Gasteiger partial charge in [0.1, 0.15) is 5.82 Å². The van der Waals surface area contributed by atoms with Gasteiger partial charge in [0.05, 0.1) is 11.6 Å². The lowest BCUT2D eigenvalue weighted by atomic mass is 10.1. The summed E-state index contributed by atoms with van der Waals surface area (Å²) < 4.78 is 0. The normalized spacial score (nSPS) is 19.5. The summed E-state index contributed by atoms with van der Waals surface area (Å²) in [5, 5.41) is 10.1. The summed E-state index contributed by atoms with van der Waals surface area (Å²) in [7, 11) is 0. The molecule has 0 saturated carbocycles. The third-order valence-corrected chi connectivity index (χ3v) is 4.56. The van der Waals surface area contributed by atoms with Crippen LogP contribution in [0.15, 0.2) is 18.5 Å². The lowest BCUT2D eigenvalue weighted by Crippen LogP contribution is -2.39. The van der Waals surface area contributed by atoms with Crippen LogP contribution in [0.5, 0.6) is 0 Å². The first-order valence-corrected chi connectivity index (χ1v) is 9.24. The summed E-state index contributed by atoms with van der Waals surface area (Å²) in [5.74, 6) is 1.43. The molecule has 3 heterocycles. The van der Waals surface area contributed by atoms with Gasteiger partial charge in [0, 0.05) is 31.4 Å². The third-order valence-electron chi connectivity index (χ3n) is 4.56. The van der Waals surface area contributed by atoms with Gasteiger partial charge in [-0.1, -0.05) is 13.8 Å². The van der Waals surface area contributed by atoms with Gasteiger partial charge in [-0.15, -0.1) is 0 Å². The van der Waals surface area contributed by atoms with Gasteiger partial charge in [-0.25, -0.2) is 4.98 Å². The minimum atomic E-state index is -0.285. The van der Waals surface area contributed by atoms with Crippen LogP contribution in [0.3, 0.4) is 0 Å². The van der Waals surface area contributed by atoms with E-state index in [4.69, 9.17) is 0 Å². The first kappa shape index (κ1) is 19.0. The molecule has 1 fully saturated rings. The van der Waals surface area contributed by atoms with Crippen LogP contribution in [0.25, 0.3) is 0 Å². The SMILES string of the molecule is Cc1cncc(C(=O)N2C[C@@H](NC(=O)CC(C)C)C[C@H]2c2n[nH]c(C)n2)c1. The molecule has 2 amide bonds. The van der Waals surface area contributed by atoms with E-state index in [1.165, 1.54) is 0 Å². The second kappa shape index (κ2) is 7.85. The van der Waals surface area contributed by atoms with Gasteiger partial charge in [-0.3, -0.25) is 19.7 Å². The first-order chi connectivity index (χ1) is 12.8. The number of likely N-dealkylation sites (tertiary alicyclic amines) is 1. The largest absolute Gasteiger partial charge is 0.351 e. The van der Waals surface area contributed by atoms with E-state index >= 15 is 0 Å². The van der Waals surface area contributed by atoms with E-state index in [9.17, 15) is 9.59 Å². The van der Waals surface area contributed by atoms with Crippen LogP contribution >= 0.6 is 0 Å². The molecule has 2 aromatic heterocycles. The van der Waals surface area contributed by atoms with Gasteiger partial charge in [-0.05, 0) is 37.8 Å². The van der Waals surface area contributed by atoms with Crippen LogP contribution in [-0.4, -0.2) is 49.5 Å². The van der Waals surface area contributed by atoms with Crippen LogP contribution in [0.2, 0.25) is 0 Å². The molecule has 1 saturated heterocycles. The van der Waals surface area contributed by atoms with Gasteiger partial charge >= 0.3 is 0 Å². The zero-order valence-electron chi connectivity index (χ0n) is 16.2. The second-order valence-electron chi connectivity index (χ2n) is 7.60. The van der Waals surface area contributed by atoms with Crippen LogP contribution in [0.1, 0.15) is 60.3 Å². The number of nitrogens with one attached hydrogen (secondary N) is 2. The Balaban J connectivity index is 1.82. The molecule has 27 heavy (non-hydrogen) atoms. The number of pyridine rings is 1. The Morgan fingerprint density at radius 3 is 2.74 bits per heavy atom. The Morgan fingerprint density at radius 2 is 2.11 bits per heavy atom. The zero-order chi connectivity index (χ0) is 19.6. The summed E-state index contributed by atoms with van der Waals surface area (Å²) in [6.07, 6.45) is 4.34. The van der Waals surface area contributed by atoms with E-state index in [2.05, 4.69) is 25.5 Å². The highest BCUT2D eigenvalue weighted by atomic mass is 16.2. The number of carbonyl (C=O) groups is 2. The highest BCUT2D eigenvalue weighted by Crippen LogP contribution is 2.31. The van der Waals surface area contributed by atoms with Gasteiger partial charge in [0.15, 0.2) is 5.82 Å². The van der Waals surface area contributed by atoms with E-state index in [-0.39, 0.29) is 29.8 Å². The molecular weight excluding hydrogens is 344 g/mol. The molecule has 2 aromatic rings. The number of aromatic nitrogens is 4. The van der Waals surface area contributed by atoms with Crippen LogP contribution in [0, 0.1) is 19.8 Å². The Hall–Kier alpha value is -2.77. The maximum atomic E-state index is 13.1. The van der Waals surface area contributed by atoms with Gasteiger partial charge in [-0.2, -0.15) is 5.10 Å². The molecule has 1 aliphatic rings. The minimum absolute atomic E-state index is 0.00596. The van der Waals surface area contributed by atoms with Crippen LogP contribution in [0.4, 0.5) is 0 Å². The number of hydrogen-bond donors (Lipinski definition) is 2. The average molecular weight is 370 g/mol. The highest BCUT2D eigenvalue weighted by Gasteiger charge is 2.39. The standard InChI is InChI=1S/C19H26N6O2/c1-11(2)5-17(26)22-15-7-16(18-21-13(4)23-24-18)25(10-15)19(27)14-6-12(3)8-20-9-14/h6,8-9,11,15-16H,5,7,10H2,1-4H3,(H,22,26)(H,21,23,24)/t15-,16-/m0/s1. The van der Waals surface area contributed by atoms with E-state index in [0.717, 1.165) is 5.56 Å². The smallest absolute Gasteiger partial charge is 0.256 e. The first-order valence-electron chi connectivity index (χ1n) is 9.24. The molecule has 0 unspecified atom stereocenters. The Kier molecular flexibility index (Phi) is 5.53. The Morgan fingerprint density at radius 1 is 1.33 bits per heavy atom. The monoisotopic (exact) mass is 370 g/mol. The van der Waals surface area contributed by atoms with E-state index in [1.54, 1.807) is 17.3 Å². The lowest BCUT2D eigenvalue weighted by molar-refractivity contribution is -0.122. The summed E-state index contributed by atoms with van der Waals surface area (Å²) in [4.78, 5) is 35.6. The van der Waals surface area contributed by atoms with Crippen LogP contribution in [-0.2, 0) is 4.79 Å². The molecule has 8 nitrogen and oxygen atoms in total. The fourth-order valence-electron chi connectivity index (χ4n) is 3.41.